The van der Waals surface area contributed by atoms with E-state index < -0.39 is 42.6 Å². The summed E-state index contributed by atoms with van der Waals surface area (Å²) in [5.41, 5.74) is 4.99. The number of carbonyl (C=O) groups is 4. The quantitative estimate of drug-likeness (QED) is 0.113. The molecule has 3 aromatic carbocycles. The summed E-state index contributed by atoms with van der Waals surface area (Å²) in [5.74, 6) is -2.15. The van der Waals surface area contributed by atoms with Crippen molar-refractivity contribution in [2.75, 3.05) is 51.2 Å². The van der Waals surface area contributed by atoms with E-state index in [0.29, 0.717) is 93.7 Å². The number of benzene rings is 3. The van der Waals surface area contributed by atoms with Crippen LogP contribution in [-0.2, 0) is 33.9 Å². The molecule has 4 aliphatic heterocycles. The van der Waals surface area contributed by atoms with Gasteiger partial charge in [-0.1, -0.05) is 44.2 Å². The number of fused-ring (bicyclic) bond motifs is 4. The molecule has 2 saturated heterocycles. The van der Waals surface area contributed by atoms with Crippen LogP contribution in [0.1, 0.15) is 83.0 Å². The third-order valence-corrected chi connectivity index (χ3v) is 13.0. The molecule has 5 heterocycles. The minimum Gasteiger partial charge on any atom is -0.394 e. The van der Waals surface area contributed by atoms with Crippen LogP contribution in [0.2, 0.25) is 0 Å². The van der Waals surface area contributed by atoms with Gasteiger partial charge >= 0.3 is 0 Å². The zero-order valence-corrected chi connectivity index (χ0v) is 35.7. The Balaban J connectivity index is 0.00000139. The fourth-order valence-electron chi connectivity index (χ4n) is 9.90. The van der Waals surface area contributed by atoms with E-state index in [4.69, 9.17) is 0 Å². The Labute approximate surface area is 359 Å². The van der Waals surface area contributed by atoms with Gasteiger partial charge in [0.25, 0.3) is 12.3 Å². The van der Waals surface area contributed by atoms with Gasteiger partial charge in [0.1, 0.15) is 17.9 Å². The summed E-state index contributed by atoms with van der Waals surface area (Å²) in [6, 6.07) is 11.5. The molecule has 62 heavy (non-hydrogen) atoms. The van der Waals surface area contributed by atoms with E-state index in [-0.39, 0.29) is 29.5 Å². The van der Waals surface area contributed by atoms with E-state index >= 15 is 8.78 Å². The van der Waals surface area contributed by atoms with Gasteiger partial charge in [0.2, 0.25) is 12.3 Å². The zero-order valence-electron chi connectivity index (χ0n) is 35.7. The van der Waals surface area contributed by atoms with Gasteiger partial charge < -0.3 is 24.9 Å². The number of para-hydroxylation sites is 1. The molecule has 11 nitrogen and oxygen atoms in total. The molecular formula is C47H55F4N7O4. The standard InChI is InChI=1S/C44H48F4N6O4.C3H7N/c1-4-7-30(21-55)54(25-56)43(58)33-14-29-18-51(17-28(29)12-26(33)2)39(57)20-50-11-10-44(22-50)23-52(24-44)31-15-35(45)40(36(46)16-31)42-41-34(13-27(3)53(42)19-38(47)48)32-8-5-6-9-37(32)49-41;1-3-4-2/h5-6,8-9,12,14-16,21,25,27,30,38,42,49H,4,7,10-11,13,17-20,22-24H2,1-3H3;3-4H,1H2,2H3/t27-,30?,42-;/m1./s1. The number of nitrogens with zero attached hydrogens (tertiary/aromatic N) is 5. The van der Waals surface area contributed by atoms with Crippen molar-refractivity contribution >= 4 is 41.1 Å². The summed E-state index contributed by atoms with van der Waals surface area (Å²) in [4.78, 5) is 61.9. The zero-order chi connectivity index (χ0) is 44.5. The molecule has 0 bridgehead atoms. The highest BCUT2D eigenvalue weighted by atomic mass is 19.3. The predicted molar refractivity (Wildman–Crippen MR) is 230 cm³/mol. The summed E-state index contributed by atoms with van der Waals surface area (Å²) in [6.45, 7) is 11.6. The normalized spacial score (nSPS) is 19.7. The van der Waals surface area contributed by atoms with Crippen molar-refractivity contribution in [1.29, 1.82) is 0 Å². The Bertz CT molecular complexity index is 2320. The van der Waals surface area contributed by atoms with Gasteiger partial charge in [0, 0.05) is 84.6 Å². The van der Waals surface area contributed by atoms with Crippen LogP contribution in [0.4, 0.5) is 23.2 Å². The van der Waals surface area contributed by atoms with E-state index in [1.807, 2.05) is 56.1 Å². The number of imide groups is 1. The first-order chi connectivity index (χ1) is 29.7. The molecule has 2 fully saturated rings. The number of aromatic nitrogens is 1. The van der Waals surface area contributed by atoms with Crippen molar-refractivity contribution in [2.45, 2.75) is 84.1 Å². The second-order valence-electron chi connectivity index (χ2n) is 17.2. The number of hydrogen-bond acceptors (Lipinski definition) is 8. The molecule has 4 aromatic rings. The molecule has 1 aromatic heterocycles. The van der Waals surface area contributed by atoms with Gasteiger partial charge in [-0.3, -0.25) is 29.1 Å². The third kappa shape index (κ3) is 8.61. The lowest BCUT2D eigenvalue weighted by atomic mass is 9.78. The van der Waals surface area contributed by atoms with Gasteiger partial charge in [-0.15, -0.1) is 0 Å². The number of alkyl halides is 2. The smallest absolute Gasteiger partial charge is 0.261 e. The number of amides is 3. The third-order valence-electron chi connectivity index (χ3n) is 13.0. The fraction of sp³-hybridized carbons (Fsp3) is 0.447. The molecule has 8 rings (SSSR count). The van der Waals surface area contributed by atoms with Crippen LogP contribution in [0.15, 0.2) is 61.3 Å². The van der Waals surface area contributed by atoms with Crippen LogP contribution in [0.3, 0.4) is 0 Å². The Morgan fingerprint density at radius 2 is 1.73 bits per heavy atom. The predicted octanol–water partition coefficient (Wildman–Crippen LogP) is 6.73. The number of nitrogens with one attached hydrogen (secondary N) is 2. The number of anilines is 1. The van der Waals surface area contributed by atoms with Gasteiger partial charge in [0.15, 0.2) is 0 Å². The number of aldehydes is 1. The van der Waals surface area contributed by atoms with E-state index in [1.54, 1.807) is 24.1 Å². The lowest BCUT2D eigenvalue weighted by Gasteiger charge is -2.49. The van der Waals surface area contributed by atoms with Crippen molar-refractivity contribution < 1.29 is 36.7 Å². The van der Waals surface area contributed by atoms with Gasteiger partial charge in [0.05, 0.1) is 25.2 Å². The highest BCUT2D eigenvalue weighted by Gasteiger charge is 2.49. The Kier molecular flexibility index (Phi) is 13.2. The van der Waals surface area contributed by atoms with Gasteiger partial charge in [-0.25, -0.2) is 17.6 Å². The molecule has 1 unspecified atom stereocenters. The van der Waals surface area contributed by atoms with E-state index in [1.165, 1.54) is 17.0 Å². The van der Waals surface area contributed by atoms with Crippen LogP contribution >= 0.6 is 0 Å². The van der Waals surface area contributed by atoms with Gasteiger partial charge in [-0.05, 0) is 92.4 Å². The molecule has 3 atom stereocenters. The maximum absolute atomic E-state index is 16.2. The molecule has 15 heteroatoms. The van der Waals surface area contributed by atoms with E-state index in [9.17, 15) is 28.0 Å². The fourth-order valence-corrected chi connectivity index (χ4v) is 9.90. The minimum absolute atomic E-state index is 0.0517. The SMILES string of the molecule is C=CNC.CCCC(C=O)N(C=O)C(=O)c1cc2c(cc1C)CN(C(=O)CN1CCC3(C1)CN(c1cc(F)c([C@@H]4c5[nH]c6ccccc6c5C[C@@H](C)N4CC(F)F)c(F)c1)C3)C2. The summed E-state index contributed by atoms with van der Waals surface area (Å²) in [5, 5.41) is 3.62. The van der Waals surface area contributed by atoms with Crippen LogP contribution in [-0.4, -0.2) is 114 Å². The van der Waals surface area contributed by atoms with E-state index in [2.05, 4.69) is 21.8 Å². The topological polar surface area (TPSA) is 112 Å². The molecule has 4 aliphatic rings. The second kappa shape index (κ2) is 18.4. The number of hydrogen-bond donors (Lipinski definition) is 2. The maximum atomic E-state index is 16.2. The summed E-state index contributed by atoms with van der Waals surface area (Å²) in [6.07, 6.45) is 2.27. The molecule has 3 amide bonds. The number of likely N-dealkylation sites (tertiary alicyclic amines) is 1. The Morgan fingerprint density at radius 3 is 2.35 bits per heavy atom. The molecular weight excluding hydrogens is 803 g/mol. The number of H-pyrrole nitrogens is 1. The van der Waals surface area contributed by atoms with Crippen molar-refractivity contribution in [3.63, 3.8) is 0 Å². The minimum atomic E-state index is -2.68. The van der Waals surface area contributed by atoms with Gasteiger partial charge in [-0.2, -0.15) is 0 Å². The highest BCUT2D eigenvalue weighted by molar-refractivity contribution is 6.03. The largest absolute Gasteiger partial charge is 0.394 e. The lowest BCUT2D eigenvalue weighted by molar-refractivity contribution is -0.132. The first-order valence-electron chi connectivity index (χ1n) is 21.3. The number of halogens is 4. The number of aromatic amines is 1. The molecule has 330 valence electrons. The van der Waals surface area contributed by atoms with Crippen molar-refractivity contribution in [3.05, 3.63) is 112 Å². The molecule has 0 radical (unpaired) electrons. The number of rotatable bonds is 13. The summed E-state index contributed by atoms with van der Waals surface area (Å²) >= 11 is 0. The number of carbonyl (C=O) groups excluding carboxylic acids is 4. The van der Waals surface area contributed by atoms with Crippen molar-refractivity contribution in [1.82, 2.24) is 29.9 Å². The second-order valence-corrected chi connectivity index (χ2v) is 17.2. The van der Waals surface area contributed by atoms with Crippen LogP contribution in [0.25, 0.3) is 10.9 Å². The monoisotopic (exact) mass is 857 g/mol. The van der Waals surface area contributed by atoms with Crippen molar-refractivity contribution in [2.24, 2.45) is 5.41 Å². The summed E-state index contributed by atoms with van der Waals surface area (Å²) < 4.78 is 60.3. The first kappa shape index (κ1) is 44.5. The lowest BCUT2D eigenvalue weighted by Crippen LogP contribution is -2.58. The molecule has 0 aliphatic carbocycles. The van der Waals surface area contributed by atoms with Crippen LogP contribution in [0, 0.1) is 24.0 Å². The average Bonchev–Trinajstić information content (AvgIpc) is 3.96. The number of aryl methyl sites for hydroxylation is 1. The Hall–Kier alpha value is -5.54. The molecule has 2 N–H and O–H groups in total. The van der Waals surface area contributed by atoms with E-state index in [0.717, 1.165) is 38.9 Å². The maximum Gasteiger partial charge on any atom is 0.261 e. The molecule has 1 spiro atoms. The highest BCUT2D eigenvalue weighted by Crippen LogP contribution is 2.46. The first-order valence-corrected chi connectivity index (χ1v) is 21.3. The molecule has 0 saturated carbocycles. The van der Waals surface area contributed by atoms with Crippen LogP contribution in [0.5, 0.6) is 0 Å². The average molecular weight is 858 g/mol. The Morgan fingerprint density at radius 1 is 1.05 bits per heavy atom. The van der Waals surface area contributed by atoms with Crippen LogP contribution < -0.4 is 10.2 Å². The van der Waals surface area contributed by atoms with Crippen molar-refractivity contribution in [3.8, 4) is 0 Å². The summed E-state index contributed by atoms with van der Waals surface area (Å²) in [7, 11) is 1.81.